The van der Waals surface area contributed by atoms with E-state index < -0.39 is 0 Å². The topological polar surface area (TPSA) is 49.6 Å². The molecule has 0 aliphatic carbocycles. The Kier molecular flexibility index (Phi) is 4.57. The number of benzene rings is 1. The van der Waals surface area contributed by atoms with Crippen LogP contribution >= 0.6 is 0 Å². The SMILES string of the molecule is CC(=O)N1CCC[C@H]1[C@@H]1CCCN1Cc1cc(-c2ccccc2)no1. The van der Waals surface area contributed by atoms with E-state index in [0.29, 0.717) is 12.1 Å². The van der Waals surface area contributed by atoms with Crippen LogP contribution in [-0.2, 0) is 11.3 Å². The molecule has 5 heteroatoms. The lowest BCUT2D eigenvalue weighted by Gasteiger charge is -2.34. The fraction of sp³-hybridized carbons (Fsp3) is 0.500. The highest BCUT2D eigenvalue weighted by atomic mass is 16.5. The van der Waals surface area contributed by atoms with Crippen molar-refractivity contribution in [2.45, 2.75) is 51.2 Å². The van der Waals surface area contributed by atoms with Crippen LogP contribution in [0.1, 0.15) is 38.4 Å². The summed E-state index contributed by atoms with van der Waals surface area (Å²) >= 11 is 0. The molecular weight excluding hydrogens is 314 g/mol. The molecule has 132 valence electrons. The summed E-state index contributed by atoms with van der Waals surface area (Å²) in [6.45, 7) is 4.44. The molecule has 1 aromatic heterocycles. The Hall–Kier alpha value is -2.14. The Balaban J connectivity index is 1.47. The summed E-state index contributed by atoms with van der Waals surface area (Å²) in [7, 11) is 0. The van der Waals surface area contributed by atoms with Gasteiger partial charge in [-0.2, -0.15) is 0 Å². The molecule has 0 N–H and O–H groups in total. The van der Waals surface area contributed by atoms with Crippen LogP contribution in [0.3, 0.4) is 0 Å². The number of likely N-dealkylation sites (tertiary alicyclic amines) is 2. The third-order valence-electron chi connectivity index (χ3n) is 5.55. The second-order valence-corrected chi connectivity index (χ2v) is 7.15. The highest BCUT2D eigenvalue weighted by Crippen LogP contribution is 2.31. The van der Waals surface area contributed by atoms with Crippen LogP contribution in [0.2, 0.25) is 0 Å². The molecule has 3 heterocycles. The highest BCUT2D eigenvalue weighted by molar-refractivity contribution is 5.74. The van der Waals surface area contributed by atoms with Gasteiger partial charge in [-0.3, -0.25) is 9.69 Å². The Bertz CT molecular complexity index is 728. The Morgan fingerprint density at radius 1 is 1.16 bits per heavy atom. The number of rotatable bonds is 4. The van der Waals surface area contributed by atoms with E-state index in [2.05, 4.69) is 15.0 Å². The first-order valence-corrected chi connectivity index (χ1v) is 9.24. The first-order chi connectivity index (χ1) is 12.2. The summed E-state index contributed by atoms with van der Waals surface area (Å²) in [5, 5.41) is 4.23. The van der Waals surface area contributed by atoms with Crippen LogP contribution in [0.4, 0.5) is 0 Å². The molecule has 1 aromatic carbocycles. The van der Waals surface area contributed by atoms with Gasteiger partial charge in [-0.1, -0.05) is 35.5 Å². The summed E-state index contributed by atoms with van der Waals surface area (Å²) in [5.74, 6) is 1.11. The third kappa shape index (κ3) is 3.33. The van der Waals surface area contributed by atoms with E-state index >= 15 is 0 Å². The van der Waals surface area contributed by atoms with E-state index in [4.69, 9.17) is 4.52 Å². The Morgan fingerprint density at radius 2 is 1.92 bits per heavy atom. The maximum absolute atomic E-state index is 11.9. The van der Waals surface area contributed by atoms with Crippen molar-refractivity contribution in [1.29, 1.82) is 0 Å². The fourth-order valence-corrected chi connectivity index (χ4v) is 4.40. The average molecular weight is 339 g/mol. The molecule has 2 saturated heterocycles. The van der Waals surface area contributed by atoms with Crippen molar-refractivity contribution < 1.29 is 9.32 Å². The summed E-state index contributed by atoms with van der Waals surface area (Å²) < 4.78 is 5.59. The zero-order chi connectivity index (χ0) is 17.2. The second-order valence-electron chi connectivity index (χ2n) is 7.15. The smallest absolute Gasteiger partial charge is 0.219 e. The lowest BCUT2D eigenvalue weighted by molar-refractivity contribution is -0.130. The van der Waals surface area contributed by atoms with E-state index in [1.807, 2.05) is 36.4 Å². The van der Waals surface area contributed by atoms with Gasteiger partial charge in [-0.25, -0.2) is 0 Å². The van der Waals surface area contributed by atoms with Gasteiger partial charge in [0.2, 0.25) is 5.91 Å². The van der Waals surface area contributed by atoms with Gasteiger partial charge >= 0.3 is 0 Å². The number of carbonyl (C=O) groups is 1. The summed E-state index contributed by atoms with van der Waals surface area (Å²) in [6.07, 6.45) is 4.59. The molecular formula is C20H25N3O2. The maximum Gasteiger partial charge on any atom is 0.219 e. The third-order valence-corrected chi connectivity index (χ3v) is 5.55. The van der Waals surface area contributed by atoms with Crippen molar-refractivity contribution in [3.05, 3.63) is 42.2 Å². The van der Waals surface area contributed by atoms with Gasteiger partial charge in [0.15, 0.2) is 5.76 Å². The van der Waals surface area contributed by atoms with Crippen LogP contribution in [0.5, 0.6) is 0 Å². The number of aromatic nitrogens is 1. The standard InChI is InChI=1S/C20H25N3O2/c1-15(24)23-12-6-10-20(23)19-9-5-11-22(19)14-17-13-18(21-25-17)16-7-3-2-4-8-16/h2-4,7-8,13,19-20H,5-6,9-12,14H2,1H3/t19-,20-/m0/s1. The molecule has 2 aliphatic rings. The molecule has 25 heavy (non-hydrogen) atoms. The van der Waals surface area contributed by atoms with Crippen molar-refractivity contribution in [1.82, 2.24) is 15.0 Å². The molecule has 4 rings (SSSR count). The molecule has 0 radical (unpaired) electrons. The van der Waals surface area contributed by atoms with E-state index in [0.717, 1.165) is 55.9 Å². The monoisotopic (exact) mass is 339 g/mol. The van der Waals surface area contributed by atoms with Gasteiger partial charge < -0.3 is 9.42 Å². The molecule has 5 nitrogen and oxygen atoms in total. The van der Waals surface area contributed by atoms with Crippen molar-refractivity contribution in [3.63, 3.8) is 0 Å². The maximum atomic E-state index is 11.9. The number of hydrogen-bond donors (Lipinski definition) is 0. The van der Waals surface area contributed by atoms with Crippen molar-refractivity contribution >= 4 is 5.91 Å². The number of nitrogens with zero attached hydrogens (tertiary/aromatic N) is 3. The number of carbonyl (C=O) groups excluding carboxylic acids is 1. The molecule has 0 spiro atoms. The van der Waals surface area contributed by atoms with Gasteiger partial charge in [-0.05, 0) is 32.2 Å². The molecule has 2 aromatic rings. The first kappa shape index (κ1) is 16.3. The minimum absolute atomic E-state index is 0.209. The highest BCUT2D eigenvalue weighted by Gasteiger charge is 2.38. The number of amides is 1. The molecule has 2 atom stereocenters. The average Bonchev–Trinajstić information content (AvgIpc) is 3.36. The first-order valence-electron chi connectivity index (χ1n) is 9.24. The minimum atomic E-state index is 0.209. The predicted molar refractivity (Wildman–Crippen MR) is 95.8 cm³/mol. The Labute approximate surface area is 148 Å². The molecule has 0 saturated carbocycles. The predicted octanol–water partition coefficient (Wildman–Crippen LogP) is 3.32. The molecule has 0 unspecified atom stereocenters. The normalized spacial score (nSPS) is 24.1. The van der Waals surface area contributed by atoms with Crippen LogP contribution < -0.4 is 0 Å². The van der Waals surface area contributed by atoms with Crippen molar-refractivity contribution in [2.24, 2.45) is 0 Å². The van der Waals surface area contributed by atoms with Gasteiger partial charge in [0.1, 0.15) is 5.69 Å². The van der Waals surface area contributed by atoms with Gasteiger partial charge in [0.05, 0.1) is 6.54 Å². The summed E-state index contributed by atoms with van der Waals surface area (Å²) in [5.41, 5.74) is 1.96. The van der Waals surface area contributed by atoms with Crippen LogP contribution in [0.15, 0.2) is 40.9 Å². The lowest BCUT2D eigenvalue weighted by atomic mass is 10.0. The fourth-order valence-electron chi connectivity index (χ4n) is 4.40. The van der Waals surface area contributed by atoms with Gasteiger partial charge in [0.25, 0.3) is 0 Å². The van der Waals surface area contributed by atoms with E-state index in [1.54, 1.807) is 6.92 Å². The Morgan fingerprint density at radius 3 is 2.72 bits per heavy atom. The number of hydrogen-bond acceptors (Lipinski definition) is 4. The van der Waals surface area contributed by atoms with Crippen molar-refractivity contribution in [2.75, 3.05) is 13.1 Å². The second kappa shape index (κ2) is 7.00. The molecule has 2 aliphatic heterocycles. The van der Waals surface area contributed by atoms with E-state index in [9.17, 15) is 4.79 Å². The largest absolute Gasteiger partial charge is 0.359 e. The minimum Gasteiger partial charge on any atom is -0.359 e. The van der Waals surface area contributed by atoms with E-state index in [1.165, 1.54) is 6.42 Å². The van der Waals surface area contributed by atoms with Crippen LogP contribution in [0.25, 0.3) is 11.3 Å². The van der Waals surface area contributed by atoms with Crippen LogP contribution in [0, 0.1) is 0 Å². The lowest BCUT2D eigenvalue weighted by Crippen LogP contribution is -2.47. The zero-order valence-corrected chi connectivity index (χ0v) is 14.7. The summed E-state index contributed by atoms with van der Waals surface area (Å²) in [4.78, 5) is 16.5. The zero-order valence-electron chi connectivity index (χ0n) is 14.7. The van der Waals surface area contributed by atoms with Crippen LogP contribution in [-0.4, -0.2) is 46.0 Å². The van der Waals surface area contributed by atoms with E-state index in [-0.39, 0.29) is 5.91 Å². The quantitative estimate of drug-likeness (QED) is 0.857. The van der Waals surface area contributed by atoms with Crippen molar-refractivity contribution in [3.8, 4) is 11.3 Å². The molecule has 2 fully saturated rings. The summed E-state index contributed by atoms with van der Waals surface area (Å²) in [6, 6.07) is 13.0. The van der Waals surface area contributed by atoms with Gasteiger partial charge in [-0.15, -0.1) is 0 Å². The van der Waals surface area contributed by atoms with Gasteiger partial charge in [0, 0.05) is 37.2 Å². The molecule has 0 bridgehead atoms. The molecule has 1 amide bonds.